The highest BCUT2D eigenvalue weighted by Gasteiger charge is 2.29. The van der Waals surface area contributed by atoms with Gasteiger partial charge in [0, 0.05) is 24.6 Å². The molecule has 0 fully saturated rings. The number of aliphatic hydroxyl groups is 1. The Balaban J connectivity index is 1.35. The molecule has 4 N–H and O–H groups in total. The summed E-state index contributed by atoms with van der Waals surface area (Å²) in [5.74, 6) is -1.76. The van der Waals surface area contributed by atoms with Crippen LogP contribution in [0.25, 0.3) is 11.1 Å². The summed E-state index contributed by atoms with van der Waals surface area (Å²) in [6.07, 6.45) is -0.762. The van der Waals surface area contributed by atoms with Crippen LogP contribution in [0.1, 0.15) is 29.0 Å². The Morgan fingerprint density at radius 2 is 1.57 bits per heavy atom. The van der Waals surface area contributed by atoms with E-state index >= 15 is 0 Å². The number of hydrogen-bond acceptors (Lipinski definition) is 5. The number of aliphatic hydroxyl groups excluding tert-OH is 1. The van der Waals surface area contributed by atoms with Crippen LogP contribution in [-0.4, -0.2) is 47.4 Å². The summed E-state index contributed by atoms with van der Waals surface area (Å²) in [6.45, 7) is -0.166. The van der Waals surface area contributed by atoms with E-state index in [1.807, 2.05) is 36.4 Å². The van der Waals surface area contributed by atoms with E-state index in [9.17, 15) is 14.4 Å². The normalized spacial score (nSPS) is 12.8. The molecule has 180 valence electrons. The van der Waals surface area contributed by atoms with Gasteiger partial charge in [-0.2, -0.15) is 0 Å². The third-order valence-corrected chi connectivity index (χ3v) is 5.93. The highest BCUT2D eigenvalue weighted by atomic mass is 16.5. The Labute approximate surface area is 202 Å². The Kier molecular flexibility index (Phi) is 7.42. The fraction of sp³-hybridized carbons (Fsp3) is 0.222. The van der Waals surface area contributed by atoms with E-state index in [1.165, 1.54) is 0 Å². The van der Waals surface area contributed by atoms with Crippen molar-refractivity contribution in [2.45, 2.75) is 24.8 Å². The quantitative estimate of drug-likeness (QED) is 0.376. The zero-order valence-electron chi connectivity index (χ0n) is 18.9. The van der Waals surface area contributed by atoms with Crippen molar-refractivity contribution < 1.29 is 29.3 Å². The largest absolute Gasteiger partial charge is 0.480 e. The van der Waals surface area contributed by atoms with Crippen LogP contribution in [0.3, 0.4) is 0 Å². The van der Waals surface area contributed by atoms with Gasteiger partial charge in [-0.05, 0) is 39.9 Å². The summed E-state index contributed by atoms with van der Waals surface area (Å²) in [5.41, 5.74) is 5.58. The number of hydrogen-bond donors (Lipinski definition) is 4. The molecule has 0 aliphatic heterocycles. The monoisotopic (exact) mass is 474 g/mol. The van der Waals surface area contributed by atoms with Gasteiger partial charge in [-0.25, -0.2) is 9.59 Å². The second-order valence-corrected chi connectivity index (χ2v) is 8.30. The number of carbonyl (C=O) groups excluding carboxylic acids is 2. The first-order valence-corrected chi connectivity index (χ1v) is 11.3. The number of carboxylic acid groups (broad SMARTS) is 1. The molecule has 1 unspecified atom stereocenters. The zero-order valence-corrected chi connectivity index (χ0v) is 18.9. The molecular formula is C27H26N2O6. The molecule has 1 aliphatic rings. The number of benzene rings is 3. The predicted molar refractivity (Wildman–Crippen MR) is 130 cm³/mol. The second kappa shape index (κ2) is 10.8. The van der Waals surface area contributed by atoms with E-state index in [-0.39, 0.29) is 32.0 Å². The van der Waals surface area contributed by atoms with Gasteiger partial charge in [0.05, 0.1) is 6.42 Å². The van der Waals surface area contributed by atoms with E-state index in [2.05, 4.69) is 22.8 Å². The SMILES string of the molecule is O=C(Cc1cccc(NC(=O)OCC2c3ccccc3-c3ccccc32)c1)NC(CCO)C(=O)O. The van der Waals surface area contributed by atoms with E-state index in [1.54, 1.807) is 24.3 Å². The van der Waals surface area contributed by atoms with Crippen molar-refractivity contribution in [2.75, 3.05) is 18.5 Å². The average molecular weight is 475 g/mol. The van der Waals surface area contributed by atoms with Crippen molar-refractivity contribution in [1.82, 2.24) is 5.32 Å². The van der Waals surface area contributed by atoms with E-state index in [0.717, 1.165) is 22.3 Å². The van der Waals surface area contributed by atoms with Crippen LogP contribution in [0.2, 0.25) is 0 Å². The number of ether oxygens (including phenoxy) is 1. The van der Waals surface area contributed by atoms with E-state index in [4.69, 9.17) is 14.9 Å². The number of rotatable bonds is 9. The molecule has 0 bridgehead atoms. The molecule has 1 atom stereocenters. The Bertz CT molecular complexity index is 1200. The molecule has 1 aliphatic carbocycles. The minimum Gasteiger partial charge on any atom is -0.480 e. The summed E-state index contributed by atoms with van der Waals surface area (Å²) in [5, 5.41) is 23.1. The van der Waals surface area contributed by atoms with Gasteiger partial charge in [-0.15, -0.1) is 0 Å². The van der Waals surface area contributed by atoms with Crippen molar-refractivity contribution in [2.24, 2.45) is 0 Å². The number of fused-ring (bicyclic) bond motifs is 3. The molecule has 0 saturated heterocycles. The Hall–Kier alpha value is -4.17. The number of amides is 2. The van der Waals surface area contributed by atoms with Crippen molar-refractivity contribution >= 4 is 23.7 Å². The minimum atomic E-state index is -1.21. The van der Waals surface area contributed by atoms with Gasteiger partial charge in [-0.3, -0.25) is 10.1 Å². The minimum absolute atomic E-state index is 0.0516. The Morgan fingerprint density at radius 1 is 0.914 bits per heavy atom. The number of aliphatic carboxylic acids is 1. The summed E-state index contributed by atoms with van der Waals surface area (Å²) >= 11 is 0. The van der Waals surface area contributed by atoms with Gasteiger partial charge in [-0.1, -0.05) is 60.7 Å². The lowest BCUT2D eigenvalue weighted by Gasteiger charge is -2.15. The molecule has 35 heavy (non-hydrogen) atoms. The molecule has 3 aromatic rings. The van der Waals surface area contributed by atoms with Gasteiger partial charge in [0.1, 0.15) is 12.6 Å². The number of carboxylic acids is 1. The predicted octanol–water partition coefficient (Wildman–Crippen LogP) is 3.54. The van der Waals surface area contributed by atoms with Gasteiger partial charge in [0.2, 0.25) is 5.91 Å². The average Bonchev–Trinajstić information content (AvgIpc) is 3.16. The molecule has 8 nitrogen and oxygen atoms in total. The smallest absolute Gasteiger partial charge is 0.411 e. The lowest BCUT2D eigenvalue weighted by Crippen LogP contribution is -2.42. The fourth-order valence-electron chi connectivity index (χ4n) is 4.33. The molecule has 4 rings (SSSR count). The van der Waals surface area contributed by atoms with E-state index < -0.39 is 24.0 Å². The first-order chi connectivity index (χ1) is 17.0. The molecule has 8 heteroatoms. The summed E-state index contributed by atoms with van der Waals surface area (Å²) in [7, 11) is 0. The van der Waals surface area contributed by atoms with Crippen LogP contribution in [0.5, 0.6) is 0 Å². The molecule has 0 aromatic heterocycles. The maximum atomic E-state index is 12.5. The lowest BCUT2D eigenvalue weighted by atomic mass is 9.98. The second-order valence-electron chi connectivity index (χ2n) is 8.30. The van der Waals surface area contributed by atoms with Crippen LogP contribution in [-0.2, 0) is 20.7 Å². The van der Waals surface area contributed by atoms with Gasteiger partial charge in [0.25, 0.3) is 0 Å². The van der Waals surface area contributed by atoms with Crippen LogP contribution >= 0.6 is 0 Å². The van der Waals surface area contributed by atoms with Crippen molar-refractivity contribution in [1.29, 1.82) is 0 Å². The molecule has 3 aromatic carbocycles. The van der Waals surface area contributed by atoms with Gasteiger partial charge < -0.3 is 20.3 Å². The molecule has 0 saturated carbocycles. The summed E-state index contributed by atoms with van der Waals surface area (Å²) in [4.78, 5) is 35.9. The lowest BCUT2D eigenvalue weighted by molar-refractivity contribution is -0.142. The molecule has 0 spiro atoms. The third-order valence-electron chi connectivity index (χ3n) is 5.93. The van der Waals surface area contributed by atoms with Crippen LogP contribution in [0.15, 0.2) is 72.8 Å². The number of carbonyl (C=O) groups is 3. The molecule has 0 radical (unpaired) electrons. The fourth-order valence-corrected chi connectivity index (χ4v) is 4.33. The highest BCUT2D eigenvalue weighted by Crippen LogP contribution is 2.44. The highest BCUT2D eigenvalue weighted by molar-refractivity contribution is 5.87. The third kappa shape index (κ3) is 5.67. The maximum absolute atomic E-state index is 12.5. The van der Waals surface area contributed by atoms with E-state index in [0.29, 0.717) is 11.3 Å². The standard InChI is InChI=1S/C27H26N2O6/c30-13-12-24(26(32)33)29-25(31)15-17-6-5-7-18(14-17)28-27(34)35-16-23-21-10-3-1-8-19(21)20-9-2-4-11-22(20)23/h1-11,14,23-24,30H,12-13,15-16H2,(H,28,34)(H,29,31)(H,32,33). The number of nitrogens with one attached hydrogen (secondary N) is 2. The maximum Gasteiger partial charge on any atom is 0.411 e. The van der Waals surface area contributed by atoms with Gasteiger partial charge >= 0.3 is 12.1 Å². The van der Waals surface area contributed by atoms with Crippen LogP contribution < -0.4 is 10.6 Å². The first kappa shape index (κ1) is 24.0. The zero-order chi connectivity index (χ0) is 24.8. The summed E-state index contributed by atoms with van der Waals surface area (Å²) < 4.78 is 5.55. The molecule has 0 heterocycles. The summed E-state index contributed by atoms with van der Waals surface area (Å²) in [6, 6.07) is 21.7. The van der Waals surface area contributed by atoms with Crippen molar-refractivity contribution in [3.63, 3.8) is 0 Å². The van der Waals surface area contributed by atoms with Crippen LogP contribution in [0.4, 0.5) is 10.5 Å². The molecular weight excluding hydrogens is 448 g/mol. The topological polar surface area (TPSA) is 125 Å². The Morgan fingerprint density at radius 3 is 2.20 bits per heavy atom. The first-order valence-electron chi connectivity index (χ1n) is 11.3. The number of anilines is 1. The van der Waals surface area contributed by atoms with Crippen LogP contribution in [0, 0.1) is 0 Å². The van der Waals surface area contributed by atoms with Crippen molar-refractivity contribution in [3.05, 3.63) is 89.5 Å². The molecule has 2 amide bonds. The van der Waals surface area contributed by atoms with Gasteiger partial charge in [0.15, 0.2) is 0 Å². The van der Waals surface area contributed by atoms with Crippen molar-refractivity contribution in [3.8, 4) is 11.1 Å².